The number of likely N-dealkylation sites (tertiary alicyclic amines) is 1. The van der Waals surface area contributed by atoms with E-state index in [1.165, 1.54) is 7.11 Å². The van der Waals surface area contributed by atoms with Gasteiger partial charge in [0.15, 0.2) is 18.1 Å². The number of nitrogens with two attached hydrogens (primary N) is 1. The number of hydrogen-bond acceptors (Lipinski definition) is 5. The van der Waals surface area contributed by atoms with Crippen LogP contribution in [0.2, 0.25) is 0 Å². The molecule has 1 aliphatic heterocycles. The Balaban J connectivity index is 1.98. The second-order valence-electron chi connectivity index (χ2n) is 6.16. The van der Waals surface area contributed by atoms with Crippen LogP contribution in [0.3, 0.4) is 0 Å². The molecule has 0 unspecified atom stereocenters. The first-order chi connectivity index (χ1) is 12.0. The number of nitrogens with zero attached hydrogens (tertiary/aromatic N) is 1. The molecular formula is C18H27N3O4. The Kier molecular flexibility index (Phi) is 7.06. The van der Waals surface area contributed by atoms with Gasteiger partial charge < -0.3 is 25.4 Å². The number of carbonyl (C=O) groups excluding carboxylic acids is 2. The van der Waals surface area contributed by atoms with Crippen LogP contribution in [-0.2, 0) is 4.79 Å². The van der Waals surface area contributed by atoms with E-state index in [1.54, 1.807) is 18.2 Å². The maximum atomic E-state index is 12.7. The second-order valence-corrected chi connectivity index (χ2v) is 6.16. The van der Waals surface area contributed by atoms with Crippen molar-refractivity contribution in [3.05, 3.63) is 23.8 Å². The summed E-state index contributed by atoms with van der Waals surface area (Å²) in [5.74, 6) is 0.851. The Morgan fingerprint density at radius 3 is 2.60 bits per heavy atom. The van der Waals surface area contributed by atoms with Gasteiger partial charge in [-0.3, -0.25) is 9.59 Å². The van der Waals surface area contributed by atoms with Crippen LogP contribution in [0.15, 0.2) is 18.2 Å². The largest absolute Gasteiger partial charge is 0.493 e. The molecule has 1 aromatic carbocycles. The molecule has 0 radical (unpaired) electrons. The molecule has 1 heterocycles. The van der Waals surface area contributed by atoms with Gasteiger partial charge in [-0.25, -0.2) is 0 Å². The van der Waals surface area contributed by atoms with Crippen LogP contribution in [0, 0.1) is 5.92 Å². The third kappa shape index (κ3) is 5.35. The fourth-order valence-electron chi connectivity index (χ4n) is 2.94. The molecule has 0 bridgehead atoms. The lowest BCUT2D eigenvalue weighted by Crippen LogP contribution is -2.40. The average Bonchev–Trinajstić information content (AvgIpc) is 2.64. The first kappa shape index (κ1) is 19.1. The van der Waals surface area contributed by atoms with Crippen molar-refractivity contribution in [3.63, 3.8) is 0 Å². The van der Waals surface area contributed by atoms with E-state index in [-0.39, 0.29) is 12.5 Å². The fourth-order valence-corrected chi connectivity index (χ4v) is 2.94. The molecule has 1 aliphatic rings. The van der Waals surface area contributed by atoms with Crippen molar-refractivity contribution >= 4 is 11.8 Å². The topological polar surface area (TPSA) is 93.9 Å². The van der Waals surface area contributed by atoms with Crippen LogP contribution in [0.1, 0.15) is 30.1 Å². The molecule has 7 heteroatoms. The summed E-state index contributed by atoms with van der Waals surface area (Å²) in [4.78, 5) is 25.4. The number of rotatable bonds is 8. The molecule has 1 aromatic rings. The van der Waals surface area contributed by atoms with Gasteiger partial charge in [0, 0.05) is 18.7 Å². The van der Waals surface area contributed by atoms with E-state index in [1.807, 2.05) is 4.90 Å². The average molecular weight is 349 g/mol. The zero-order chi connectivity index (χ0) is 18.2. The highest BCUT2D eigenvalue weighted by Gasteiger charge is 2.24. The van der Waals surface area contributed by atoms with Crippen LogP contribution < -0.4 is 20.5 Å². The van der Waals surface area contributed by atoms with Crippen LogP contribution in [0.25, 0.3) is 0 Å². The SMILES string of the molecule is CCNCC1CCN(C(=O)c2ccc(OCC(N)=O)c(OC)c2)CC1. The van der Waals surface area contributed by atoms with Crippen molar-refractivity contribution in [1.82, 2.24) is 10.2 Å². The van der Waals surface area contributed by atoms with Crippen molar-refractivity contribution < 1.29 is 19.1 Å². The summed E-state index contributed by atoms with van der Waals surface area (Å²) in [7, 11) is 1.49. The molecule has 3 N–H and O–H groups in total. The summed E-state index contributed by atoms with van der Waals surface area (Å²) < 4.78 is 10.6. The van der Waals surface area contributed by atoms with Gasteiger partial charge in [0.2, 0.25) is 0 Å². The number of methoxy groups -OCH3 is 1. The van der Waals surface area contributed by atoms with E-state index >= 15 is 0 Å². The zero-order valence-corrected chi connectivity index (χ0v) is 14.9. The predicted molar refractivity (Wildman–Crippen MR) is 94.9 cm³/mol. The zero-order valence-electron chi connectivity index (χ0n) is 14.9. The Bertz CT molecular complexity index is 598. The highest BCUT2D eigenvalue weighted by atomic mass is 16.5. The number of ether oxygens (including phenoxy) is 2. The van der Waals surface area contributed by atoms with E-state index < -0.39 is 5.91 Å². The highest BCUT2D eigenvalue weighted by molar-refractivity contribution is 5.95. The number of piperidine rings is 1. The van der Waals surface area contributed by atoms with Crippen molar-refractivity contribution in [2.45, 2.75) is 19.8 Å². The third-order valence-electron chi connectivity index (χ3n) is 4.37. The number of nitrogens with one attached hydrogen (secondary N) is 1. The normalized spacial score (nSPS) is 15.0. The van der Waals surface area contributed by atoms with Gasteiger partial charge in [-0.05, 0) is 50.0 Å². The van der Waals surface area contributed by atoms with E-state index in [9.17, 15) is 9.59 Å². The molecule has 25 heavy (non-hydrogen) atoms. The maximum absolute atomic E-state index is 12.7. The summed E-state index contributed by atoms with van der Waals surface area (Å²) in [5.41, 5.74) is 5.63. The lowest BCUT2D eigenvalue weighted by atomic mass is 9.96. The van der Waals surface area contributed by atoms with E-state index in [2.05, 4.69) is 12.2 Å². The molecule has 0 atom stereocenters. The van der Waals surface area contributed by atoms with Gasteiger partial charge in [-0.2, -0.15) is 0 Å². The van der Waals surface area contributed by atoms with Crippen molar-refractivity contribution in [2.24, 2.45) is 11.7 Å². The first-order valence-corrected chi connectivity index (χ1v) is 8.64. The summed E-state index contributed by atoms with van der Waals surface area (Å²) in [6.07, 6.45) is 2.02. The Morgan fingerprint density at radius 1 is 1.28 bits per heavy atom. The van der Waals surface area contributed by atoms with Crippen LogP contribution in [0.5, 0.6) is 11.5 Å². The lowest BCUT2D eigenvalue weighted by Gasteiger charge is -2.32. The van der Waals surface area contributed by atoms with Crippen LogP contribution in [0.4, 0.5) is 0 Å². The molecule has 1 saturated heterocycles. The molecular weight excluding hydrogens is 322 g/mol. The minimum absolute atomic E-state index is 0.0124. The van der Waals surface area contributed by atoms with E-state index in [4.69, 9.17) is 15.2 Å². The molecule has 2 amide bonds. The molecule has 7 nitrogen and oxygen atoms in total. The Labute approximate surface area is 148 Å². The number of carbonyl (C=O) groups is 2. The molecule has 138 valence electrons. The van der Waals surface area contributed by atoms with Crippen molar-refractivity contribution in [1.29, 1.82) is 0 Å². The van der Waals surface area contributed by atoms with E-state index in [0.29, 0.717) is 23.0 Å². The third-order valence-corrected chi connectivity index (χ3v) is 4.37. The molecule has 1 fully saturated rings. The summed E-state index contributed by atoms with van der Waals surface area (Å²) in [6.45, 7) is 5.38. The predicted octanol–water partition coefficient (Wildman–Crippen LogP) is 1.02. The Morgan fingerprint density at radius 2 is 2.00 bits per heavy atom. The molecule has 0 saturated carbocycles. The number of amides is 2. The number of benzene rings is 1. The first-order valence-electron chi connectivity index (χ1n) is 8.64. The minimum atomic E-state index is -0.567. The standard InChI is InChI=1S/C18H27N3O4/c1-3-20-11-13-6-8-21(9-7-13)18(23)14-4-5-15(16(10-14)24-2)25-12-17(19)22/h4-5,10,13,20H,3,6-9,11-12H2,1-2H3,(H2,19,22). The Hall–Kier alpha value is -2.28. The lowest BCUT2D eigenvalue weighted by molar-refractivity contribution is -0.119. The summed E-state index contributed by atoms with van der Waals surface area (Å²) in [6, 6.07) is 4.96. The van der Waals surface area contributed by atoms with Crippen molar-refractivity contribution in [2.75, 3.05) is 39.9 Å². The fraction of sp³-hybridized carbons (Fsp3) is 0.556. The van der Waals surface area contributed by atoms with Crippen molar-refractivity contribution in [3.8, 4) is 11.5 Å². The molecule has 0 aliphatic carbocycles. The number of hydrogen-bond donors (Lipinski definition) is 2. The molecule has 0 spiro atoms. The summed E-state index contributed by atoms with van der Waals surface area (Å²) in [5, 5.41) is 3.37. The smallest absolute Gasteiger partial charge is 0.255 e. The quantitative estimate of drug-likeness (QED) is 0.731. The number of primary amides is 1. The van der Waals surface area contributed by atoms with E-state index in [0.717, 1.165) is 39.0 Å². The van der Waals surface area contributed by atoms with Gasteiger partial charge in [0.25, 0.3) is 11.8 Å². The van der Waals surface area contributed by atoms with Gasteiger partial charge in [-0.1, -0.05) is 6.92 Å². The monoisotopic (exact) mass is 349 g/mol. The molecule has 2 rings (SSSR count). The van der Waals surface area contributed by atoms with Gasteiger partial charge in [0.1, 0.15) is 0 Å². The second kappa shape index (κ2) is 9.27. The molecule has 0 aromatic heterocycles. The van der Waals surface area contributed by atoms with Crippen LogP contribution in [-0.4, -0.2) is 56.6 Å². The maximum Gasteiger partial charge on any atom is 0.255 e. The summed E-state index contributed by atoms with van der Waals surface area (Å²) >= 11 is 0. The van der Waals surface area contributed by atoms with Crippen LogP contribution >= 0.6 is 0 Å². The van der Waals surface area contributed by atoms with Gasteiger partial charge in [0.05, 0.1) is 7.11 Å². The van der Waals surface area contributed by atoms with Gasteiger partial charge in [-0.15, -0.1) is 0 Å². The minimum Gasteiger partial charge on any atom is -0.493 e. The highest BCUT2D eigenvalue weighted by Crippen LogP contribution is 2.29. The van der Waals surface area contributed by atoms with Gasteiger partial charge >= 0.3 is 0 Å².